The molecule has 2 fully saturated rings. The van der Waals surface area contributed by atoms with E-state index in [2.05, 4.69) is 0 Å². The number of nitrogens with zero attached hydrogens (tertiary/aromatic N) is 4. The first-order valence-corrected chi connectivity index (χ1v) is 16.3. The Morgan fingerprint density at radius 1 is 0.558 bits per heavy atom. The molecule has 1 N–H and O–H groups in total. The van der Waals surface area contributed by atoms with Crippen LogP contribution in [0, 0.1) is 11.6 Å². The number of aliphatic hydroxyl groups is 1. The van der Waals surface area contributed by atoms with Gasteiger partial charge in [0.1, 0.15) is 37.9 Å². The summed E-state index contributed by atoms with van der Waals surface area (Å²) in [6.45, 7) is -0.261. The van der Waals surface area contributed by atoms with E-state index in [1.54, 1.807) is 12.1 Å². The first-order chi connectivity index (χ1) is 25.0. The molecule has 0 bridgehead atoms. The minimum atomic E-state index is -0.837. The Balaban J connectivity index is 0.000000201. The van der Waals surface area contributed by atoms with Crippen molar-refractivity contribution >= 4 is 29.8 Å². The molecule has 1 unspecified atom stereocenters. The Bertz CT molecular complexity index is 1850. The van der Waals surface area contributed by atoms with Gasteiger partial charge in [0.05, 0.1) is 32.0 Å². The average molecular weight is 715 g/mol. The zero-order valence-electron chi connectivity index (χ0n) is 28.0. The summed E-state index contributed by atoms with van der Waals surface area (Å²) in [6, 6.07) is 29.3. The van der Waals surface area contributed by atoms with E-state index in [9.17, 15) is 37.9 Å². The van der Waals surface area contributed by atoms with Gasteiger partial charge in [-0.15, -0.1) is 0 Å². The van der Waals surface area contributed by atoms with Crippen molar-refractivity contribution in [2.75, 3.05) is 26.2 Å². The highest BCUT2D eigenvalue weighted by Crippen LogP contribution is 2.17. The average Bonchev–Trinajstić information content (AvgIpc) is 3.75. The fraction of sp³-hybridized carbons (Fsp3) is 0.237. The molecule has 12 nitrogen and oxygen atoms in total. The van der Waals surface area contributed by atoms with Gasteiger partial charge in [0, 0.05) is 0 Å². The molecule has 1 atom stereocenters. The molecule has 0 aromatic heterocycles. The van der Waals surface area contributed by atoms with E-state index >= 15 is 0 Å². The summed E-state index contributed by atoms with van der Waals surface area (Å²) in [4.78, 5) is 61.3. The van der Waals surface area contributed by atoms with Gasteiger partial charge in [-0.3, -0.25) is 14.4 Å². The van der Waals surface area contributed by atoms with Crippen molar-refractivity contribution in [1.29, 1.82) is 0 Å². The normalized spacial score (nSPS) is 15.2. The first-order valence-electron chi connectivity index (χ1n) is 16.3. The molecule has 0 radical (unpaired) electrons. The molecule has 4 amide bonds. The number of β-amino-alcohol motifs (C(OH)–C–C–N with tert-alkyl or cyclic N) is 1. The number of hydrogen-bond acceptors (Lipinski definition) is 8. The van der Waals surface area contributed by atoms with Crippen LogP contribution in [0.1, 0.15) is 22.3 Å². The van der Waals surface area contributed by atoms with Crippen molar-refractivity contribution in [3.05, 3.63) is 143 Å². The van der Waals surface area contributed by atoms with E-state index < -0.39 is 30.0 Å². The van der Waals surface area contributed by atoms with Crippen LogP contribution in [0.3, 0.4) is 0 Å². The van der Waals surface area contributed by atoms with Gasteiger partial charge in [0.2, 0.25) is 11.8 Å². The number of aliphatic hydroxyl groups excluding tert-OH is 1. The molecule has 2 heterocycles. The van der Waals surface area contributed by atoms with Crippen LogP contribution in [0.5, 0.6) is 0 Å². The van der Waals surface area contributed by atoms with E-state index in [1.807, 2.05) is 48.5 Å². The molecule has 6 rings (SSSR count). The van der Waals surface area contributed by atoms with Crippen LogP contribution in [-0.2, 0) is 49.9 Å². The third-order valence-electron chi connectivity index (χ3n) is 7.95. The molecule has 2 aliphatic heterocycles. The van der Waals surface area contributed by atoms with Crippen LogP contribution in [0.15, 0.2) is 109 Å². The Morgan fingerprint density at radius 3 is 1.44 bits per heavy atom. The van der Waals surface area contributed by atoms with Crippen molar-refractivity contribution < 1.29 is 47.3 Å². The number of ketones is 1. The maximum Gasteiger partial charge on any atom is 0.429 e. The van der Waals surface area contributed by atoms with Crippen LogP contribution in [0.4, 0.5) is 18.4 Å². The summed E-state index contributed by atoms with van der Waals surface area (Å²) < 4.78 is 36.4. The zero-order valence-corrected chi connectivity index (χ0v) is 28.0. The molecule has 0 saturated carbocycles. The molecule has 0 spiro atoms. The standard InChI is InChI=1S/C19H19FN2O4.C19H17FN2O4/c2*20-16-8-6-14(7-9-16)10-18(24)21-11-17(23)12-22(21)19(25)26-13-15-4-2-1-3-5-15/h1-9,17,23H,10-13H2;1-9H,10-13H2. The number of hydrazine groups is 2. The molecule has 0 aliphatic carbocycles. The number of halogens is 2. The number of Topliss-reactive ketones (excluding diaryl/α,β-unsaturated/α-hetero) is 1. The monoisotopic (exact) mass is 714 g/mol. The van der Waals surface area contributed by atoms with Gasteiger partial charge < -0.3 is 14.6 Å². The van der Waals surface area contributed by atoms with Gasteiger partial charge in [0.15, 0.2) is 5.78 Å². The smallest absolute Gasteiger partial charge is 0.429 e. The quantitative estimate of drug-likeness (QED) is 0.283. The van der Waals surface area contributed by atoms with Crippen molar-refractivity contribution in [2.45, 2.75) is 32.2 Å². The first kappa shape index (κ1) is 37.1. The molecule has 2 saturated heterocycles. The highest BCUT2D eigenvalue weighted by atomic mass is 19.1. The largest absolute Gasteiger partial charge is 0.443 e. The molecular weight excluding hydrogens is 678 g/mol. The second kappa shape index (κ2) is 17.7. The van der Waals surface area contributed by atoms with Crippen molar-refractivity contribution in [1.82, 2.24) is 20.0 Å². The van der Waals surface area contributed by atoms with Crippen molar-refractivity contribution in [3.8, 4) is 0 Å². The van der Waals surface area contributed by atoms with Crippen molar-refractivity contribution in [3.63, 3.8) is 0 Å². The lowest BCUT2D eigenvalue weighted by Gasteiger charge is -2.26. The van der Waals surface area contributed by atoms with E-state index in [0.29, 0.717) is 11.1 Å². The Morgan fingerprint density at radius 2 is 0.962 bits per heavy atom. The van der Waals surface area contributed by atoms with Crippen LogP contribution in [-0.4, -0.2) is 87.2 Å². The summed E-state index contributed by atoms with van der Waals surface area (Å²) >= 11 is 0. The minimum Gasteiger partial charge on any atom is -0.443 e. The van der Waals surface area contributed by atoms with Gasteiger partial charge in [-0.1, -0.05) is 84.9 Å². The number of carbonyl (C=O) groups excluding carboxylic acids is 5. The van der Waals surface area contributed by atoms with Crippen LogP contribution >= 0.6 is 0 Å². The molecular formula is C38H36F2N4O8. The number of amides is 4. The van der Waals surface area contributed by atoms with Gasteiger partial charge >= 0.3 is 12.2 Å². The fourth-order valence-electron chi connectivity index (χ4n) is 5.33. The summed E-state index contributed by atoms with van der Waals surface area (Å²) in [7, 11) is 0. The van der Waals surface area contributed by atoms with E-state index in [-0.39, 0.29) is 69.7 Å². The molecule has 4 aromatic rings. The van der Waals surface area contributed by atoms with Gasteiger partial charge in [0.25, 0.3) is 0 Å². The second-order valence-electron chi connectivity index (χ2n) is 11.9. The van der Waals surface area contributed by atoms with Gasteiger partial charge in [-0.25, -0.2) is 38.4 Å². The topological polar surface area (TPSA) is 137 Å². The second-order valence-corrected chi connectivity index (χ2v) is 11.9. The van der Waals surface area contributed by atoms with Gasteiger partial charge in [-0.05, 0) is 46.5 Å². The molecule has 270 valence electrons. The molecule has 14 heteroatoms. The maximum atomic E-state index is 13.0. The number of ether oxygens (including phenoxy) is 2. The molecule has 2 aliphatic rings. The Labute approximate surface area is 298 Å². The van der Waals surface area contributed by atoms with Gasteiger partial charge in [-0.2, -0.15) is 0 Å². The number of carbonyl (C=O) groups is 5. The third kappa shape index (κ3) is 10.4. The SMILES string of the molecule is O=C(Cc1ccc(F)cc1)N1CC(O)CN1C(=O)OCc1ccccc1.O=C1CN(C(=O)Cc2ccc(F)cc2)N(C(=O)OCc2ccccc2)C1. The highest BCUT2D eigenvalue weighted by Gasteiger charge is 2.38. The number of benzene rings is 4. The fourth-order valence-corrected chi connectivity index (χ4v) is 5.33. The lowest BCUT2D eigenvalue weighted by molar-refractivity contribution is -0.141. The Kier molecular flexibility index (Phi) is 12.6. The molecule has 52 heavy (non-hydrogen) atoms. The summed E-state index contributed by atoms with van der Waals surface area (Å²) in [5.74, 6) is -1.84. The van der Waals surface area contributed by atoms with Crippen LogP contribution in [0.2, 0.25) is 0 Å². The van der Waals surface area contributed by atoms with Crippen LogP contribution < -0.4 is 0 Å². The summed E-state index contributed by atoms with van der Waals surface area (Å²) in [6.07, 6.45) is -2.34. The minimum absolute atomic E-state index is 0.00450. The maximum absolute atomic E-state index is 13.0. The Hall–Kier alpha value is -6.15. The zero-order chi connectivity index (χ0) is 37.0. The predicted molar refractivity (Wildman–Crippen MR) is 181 cm³/mol. The summed E-state index contributed by atoms with van der Waals surface area (Å²) in [5.41, 5.74) is 2.84. The van der Waals surface area contributed by atoms with E-state index in [0.717, 1.165) is 26.2 Å². The number of rotatable bonds is 8. The van der Waals surface area contributed by atoms with E-state index in [4.69, 9.17) is 9.47 Å². The predicted octanol–water partition coefficient (Wildman–Crippen LogP) is 4.46. The highest BCUT2D eigenvalue weighted by molar-refractivity contribution is 5.94. The number of hydrogen-bond donors (Lipinski definition) is 1. The lowest BCUT2D eigenvalue weighted by Crippen LogP contribution is -2.45. The van der Waals surface area contributed by atoms with Crippen molar-refractivity contribution in [2.24, 2.45) is 0 Å². The lowest BCUT2D eigenvalue weighted by atomic mass is 10.1. The molecule has 4 aromatic carbocycles. The van der Waals surface area contributed by atoms with E-state index in [1.165, 1.54) is 53.5 Å². The third-order valence-corrected chi connectivity index (χ3v) is 7.95. The van der Waals surface area contributed by atoms with Crippen LogP contribution in [0.25, 0.3) is 0 Å². The summed E-state index contributed by atoms with van der Waals surface area (Å²) in [5, 5.41) is 14.2.